The maximum absolute atomic E-state index is 15.0. The lowest BCUT2D eigenvalue weighted by atomic mass is 9.95. The third-order valence-electron chi connectivity index (χ3n) is 12.3. The minimum absolute atomic E-state index is 0.00336. The number of likely N-dealkylation sites (tertiary alicyclic amines) is 1. The van der Waals surface area contributed by atoms with E-state index in [4.69, 9.17) is 15.9 Å². The molecule has 17 nitrogen and oxygen atoms in total. The molecule has 7 rings (SSSR count). The van der Waals surface area contributed by atoms with E-state index in [-0.39, 0.29) is 66.1 Å². The van der Waals surface area contributed by atoms with Crippen molar-refractivity contribution in [1.29, 1.82) is 5.41 Å². The SMILES string of the molecule is CCn1cnc(-c2cnc(C(=O)N3CCC(CN4CCN(CC(=O)N5CCN(C(=O)c6cc(CC(=N)c7ccccc7C(N)=O)ccc6F)CC5)CC4)CC3)c(NC(=O)OC(C)(C)C)c2)c1. The van der Waals surface area contributed by atoms with Crippen LogP contribution in [0.15, 0.2) is 67.3 Å². The molecule has 0 atom stereocenters. The van der Waals surface area contributed by atoms with E-state index in [2.05, 4.69) is 25.1 Å². The van der Waals surface area contributed by atoms with Crippen molar-refractivity contribution in [2.45, 2.75) is 59.1 Å². The fourth-order valence-electron chi connectivity index (χ4n) is 8.66. The monoisotopic (exact) mass is 905 g/mol. The molecule has 18 heteroatoms. The van der Waals surface area contributed by atoms with Gasteiger partial charge >= 0.3 is 6.09 Å². The van der Waals surface area contributed by atoms with Crippen molar-refractivity contribution < 1.29 is 33.1 Å². The summed E-state index contributed by atoms with van der Waals surface area (Å²) in [5, 5.41) is 11.3. The van der Waals surface area contributed by atoms with Crippen molar-refractivity contribution in [1.82, 2.24) is 39.0 Å². The van der Waals surface area contributed by atoms with E-state index < -0.39 is 29.3 Å². The first kappa shape index (κ1) is 47.4. The Balaban J connectivity index is 0.845. The van der Waals surface area contributed by atoms with Crippen molar-refractivity contribution in [3.8, 4) is 11.3 Å². The molecule has 5 heterocycles. The molecule has 0 aliphatic carbocycles. The Kier molecular flexibility index (Phi) is 14.9. The van der Waals surface area contributed by atoms with Crippen LogP contribution in [0, 0.1) is 17.1 Å². The van der Waals surface area contributed by atoms with Crippen LogP contribution < -0.4 is 11.1 Å². The molecule has 5 amide bonds. The number of hydrogen-bond donors (Lipinski definition) is 3. The van der Waals surface area contributed by atoms with E-state index in [9.17, 15) is 24.0 Å². The van der Waals surface area contributed by atoms with E-state index in [1.807, 2.05) is 17.7 Å². The van der Waals surface area contributed by atoms with Crippen LogP contribution >= 0.6 is 0 Å². The highest BCUT2D eigenvalue weighted by Crippen LogP contribution is 2.27. The highest BCUT2D eigenvalue weighted by molar-refractivity contribution is 6.09. The summed E-state index contributed by atoms with van der Waals surface area (Å²) in [4.78, 5) is 84.2. The van der Waals surface area contributed by atoms with Crippen LogP contribution in [-0.2, 0) is 22.5 Å². The second kappa shape index (κ2) is 20.8. The second-order valence-corrected chi connectivity index (χ2v) is 18.2. The Labute approximate surface area is 384 Å². The predicted octanol–water partition coefficient (Wildman–Crippen LogP) is 4.61. The molecular weight excluding hydrogens is 846 g/mol. The van der Waals surface area contributed by atoms with Gasteiger partial charge in [0.15, 0.2) is 5.69 Å². The average molecular weight is 906 g/mol. The predicted molar refractivity (Wildman–Crippen MR) is 247 cm³/mol. The lowest BCUT2D eigenvalue weighted by Crippen LogP contribution is -2.55. The molecular formula is C48H60FN11O6. The molecule has 66 heavy (non-hydrogen) atoms. The number of imidazole rings is 1. The van der Waals surface area contributed by atoms with Crippen LogP contribution in [0.25, 0.3) is 11.3 Å². The molecule has 3 saturated heterocycles. The van der Waals surface area contributed by atoms with E-state index >= 15 is 4.39 Å². The normalized spacial score (nSPS) is 16.5. The molecule has 2 aromatic heterocycles. The molecule has 3 aliphatic rings. The molecule has 3 aliphatic heterocycles. The summed E-state index contributed by atoms with van der Waals surface area (Å²) in [5.74, 6) is -1.64. The number of nitrogens with one attached hydrogen (secondary N) is 2. The number of pyridine rings is 1. The Bertz CT molecular complexity index is 2440. The maximum atomic E-state index is 15.0. The Hall–Kier alpha value is -6.53. The van der Waals surface area contributed by atoms with Gasteiger partial charge in [0.1, 0.15) is 11.4 Å². The molecule has 2 aromatic carbocycles. The first-order valence-electron chi connectivity index (χ1n) is 22.6. The van der Waals surface area contributed by atoms with Crippen LogP contribution in [0.4, 0.5) is 14.9 Å². The van der Waals surface area contributed by atoms with Gasteiger partial charge in [-0.05, 0) is 76.3 Å². The van der Waals surface area contributed by atoms with E-state index in [0.29, 0.717) is 54.5 Å². The number of aromatic nitrogens is 3. The molecule has 0 saturated carbocycles. The number of halogens is 1. The van der Waals surface area contributed by atoms with Gasteiger partial charge in [0.25, 0.3) is 11.8 Å². The molecule has 3 fully saturated rings. The molecule has 0 spiro atoms. The zero-order valence-corrected chi connectivity index (χ0v) is 38.2. The van der Waals surface area contributed by atoms with Crippen LogP contribution in [0.3, 0.4) is 0 Å². The van der Waals surface area contributed by atoms with Gasteiger partial charge in [0.05, 0.1) is 29.8 Å². The van der Waals surface area contributed by atoms with Gasteiger partial charge in [-0.15, -0.1) is 0 Å². The third-order valence-corrected chi connectivity index (χ3v) is 12.3. The number of ether oxygens (including phenoxy) is 1. The zero-order chi connectivity index (χ0) is 47.1. The fourth-order valence-corrected chi connectivity index (χ4v) is 8.66. The largest absolute Gasteiger partial charge is 0.444 e. The number of carbonyl (C=O) groups excluding carboxylic acids is 5. The standard InChI is InChI=1S/C48H60FN11O6/c1-5-55-29-41(53-31-55)34-26-40(54-47(65)66-48(2,3)4)43(52-27-34)46(64)59-14-12-32(13-15-59)28-56-16-18-57(19-17-56)30-42(61)58-20-22-60(23-21-58)45(63)37-24-33(10-11-38(37)49)25-39(50)35-8-6-7-9-36(35)44(51)62/h6-11,24,26-27,29,31-32,50H,5,12-23,25,28,30H2,1-4H3,(H2,51,62)(H,54,65). The third kappa shape index (κ3) is 11.8. The molecule has 4 N–H and O–H groups in total. The maximum Gasteiger partial charge on any atom is 0.412 e. The molecule has 350 valence electrons. The van der Waals surface area contributed by atoms with Crippen LogP contribution in [0.2, 0.25) is 0 Å². The number of rotatable bonds is 13. The van der Waals surface area contributed by atoms with Crippen LogP contribution in [-0.4, -0.2) is 159 Å². The summed E-state index contributed by atoms with van der Waals surface area (Å²) < 4.78 is 22.4. The van der Waals surface area contributed by atoms with Crippen LogP contribution in [0.1, 0.15) is 82.9 Å². The van der Waals surface area contributed by atoms with Crippen molar-refractivity contribution in [3.63, 3.8) is 0 Å². The Morgan fingerprint density at radius 2 is 1.47 bits per heavy atom. The molecule has 0 radical (unpaired) electrons. The van der Waals surface area contributed by atoms with Gasteiger partial charge in [0, 0.05) is 120 Å². The average Bonchev–Trinajstić information content (AvgIpc) is 3.79. The fraction of sp³-hybridized carbons (Fsp3) is 0.458. The van der Waals surface area contributed by atoms with Gasteiger partial charge in [-0.2, -0.15) is 0 Å². The van der Waals surface area contributed by atoms with Gasteiger partial charge in [-0.3, -0.25) is 29.4 Å². The van der Waals surface area contributed by atoms with Crippen molar-refractivity contribution >= 4 is 41.1 Å². The number of primary amides is 1. The number of carbonyl (C=O) groups is 5. The highest BCUT2D eigenvalue weighted by Gasteiger charge is 2.32. The first-order chi connectivity index (χ1) is 31.5. The van der Waals surface area contributed by atoms with Gasteiger partial charge in [0.2, 0.25) is 11.8 Å². The number of nitrogens with zero attached hydrogens (tertiary/aromatic N) is 8. The minimum atomic E-state index is -0.728. The summed E-state index contributed by atoms with van der Waals surface area (Å²) >= 11 is 0. The van der Waals surface area contributed by atoms with Gasteiger partial charge in [-0.25, -0.2) is 19.2 Å². The number of anilines is 1. The van der Waals surface area contributed by atoms with Gasteiger partial charge in [-0.1, -0.05) is 24.3 Å². The second-order valence-electron chi connectivity index (χ2n) is 18.2. The van der Waals surface area contributed by atoms with Crippen molar-refractivity contribution in [2.24, 2.45) is 11.7 Å². The molecule has 0 bridgehead atoms. The number of nitrogens with two attached hydrogens (primary N) is 1. The Morgan fingerprint density at radius 3 is 2.12 bits per heavy atom. The quantitative estimate of drug-likeness (QED) is 0.159. The van der Waals surface area contributed by atoms with Crippen LogP contribution in [0.5, 0.6) is 0 Å². The molecule has 0 unspecified atom stereocenters. The summed E-state index contributed by atoms with van der Waals surface area (Å²) in [6.45, 7) is 14.8. The lowest BCUT2D eigenvalue weighted by Gasteiger charge is -2.40. The number of benzene rings is 2. The molecule has 4 aromatic rings. The first-order valence-corrected chi connectivity index (χ1v) is 22.6. The minimum Gasteiger partial charge on any atom is -0.444 e. The highest BCUT2D eigenvalue weighted by atomic mass is 19.1. The summed E-state index contributed by atoms with van der Waals surface area (Å²) in [5.41, 5.74) is 7.71. The Morgan fingerprint density at radius 1 is 0.818 bits per heavy atom. The zero-order valence-electron chi connectivity index (χ0n) is 38.2. The summed E-state index contributed by atoms with van der Waals surface area (Å²) in [7, 11) is 0. The number of piperazine rings is 2. The smallest absolute Gasteiger partial charge is 0.412 e. The number of piperidine rings is 1. The van der Waals surface area contributed by atoms with E-state index in [1.165, 1.54) is 18.2 Å². The van der Waals surface area contributed by atoms with E-state index in [0.717, 1.165) is 52.1 Å². The van der Waals surface area contributed by atoms with Crippen molar-refractivity contribution in [3.05, 3.63) is 101 Å². The van der Waals surface area contributed by atoms with E-state index in [1.54, 1.807) is 78.3 Å². The number of amides is 5. The number of aryl methyl sites for hydroxylation is 1. The van der Waals surface area contributed by atoms with Gasteiger partial charge < -0.3 is 40.0 Å². The summed E-state index contributed by atoms with van der Waals surface area (Å²) in [6.07, 6.45) is 6.28. The number of hydrogen-bond acceptors (Lipinski definition) is 11. The van der Waals surface area contributed by atoms with Crippen molar-refractivity contribution in [2.75, 3.05) is 83.9 Å². The lowest BCUT2D eigenvalue weighted by molar-refractivity contribution is -0.134. The topological polar surface area (TPSA) is 203 Å². The summed E-state index contributed by atoms with van der Waals surface area (Å²) in [6, 6.07) is 12.5.